The Kier molecular flexibility index (Phi) is 20.9. The van der Waals surface area contributed by atoms with E-state index in [0.717, 1.165) is 73.6 Å². The number of anilines is 18. The molecule has 0 N–H and O–H groups in total. The first kappa shape index (κ1) is 84.8. The second-order valence-electron chi connectivity index (χ2n) is 35.8. The molecule has 9 aliphatic heterocycles. The van der Waals surface area contributed by atoms with Gasteiger partial charge in [-0.2, -0.15) is 5.26 Å². The number of hydrogen-bond acceptors (Lipinski definition) is 19. The second kappa shape index (κ2) is 35.2. The van der Waals surface area contributed by atoms with Crippen LogP contribution in [0.4, 0.5) is 102 Å². The van der Waals surface area contributed by atoms with Crippen molar-refractivity contribution in [2.75, 3.05) is 29.4 Å². The van der Waals surface area contributed by atoms with Crippen LogP contribution in [0.1, 0.15) is 5.56 Å². The lowest BCUT2D eigenvalue weighted by molar-refractivity contribution is 1.07. The normalized spacial score (nSPS) is 13.6. The summed E-state index contributed by atoms with van der Waals surface area (Å²) in [5, 5.41) is 9.50. The van der Waals surface area contributed by atoms with E-state index < -0.39 is 0 Å². The average molecular weight is 1930 g/mol. The van der Waals surface area contributed by atoms with E-state index in [-0.39, 0.29) is 20.1 Å². The zero-order chi connectivity index (χ0) is 94.3. The Morgan fingerprint density at radius 3 is 0.853 bits per heavy atom. The van der Waals surface area contributed by atoms with Gasteiger partial charge in [0.15, 0.2) is 17.5 Å². The van der Waals surface area contributed by atoms with Crippen molar-refractivity contribution in [1.82, 2.24) is 29.9 Å². The van der Waals surface area contributed by atoms with Crippen molar-refractivity contribution >= 4 is 242 Å². The third-order valence-corrected chi connectivity index (χ3v) is 34.8. The molecule has 0 bridgehead atoms. The summed E-state index contributed by atoms with van der Waals surface area (Å²) in [7, 11) is 0. The summed E-state index contributed by atoms with van der Waals surface area (Å²) in [6.07, 6.45) is 11.4. The maximum atomic E-state index is 9.50. The fourth-order valence-electron chi connectivity index (χ4n) is 21.8. The first-order valence-corrected chi connectivity index (χ1v) is 52.4. The van der Waals surface area contributed by atoms with Crippen molar-refractivity contribution in [2.45, 2.75) is 58.7 Å². The van der Waals surface area contributed by atoms with E-state index in [0.29, 0.717) is 23.0 Å². The van der Waals surface area contributed by atoms with Gasteiger partial charge in [-0.05, 0) is 221 Å². The van der Waals surface area contributed by atoms with E-state index >= 15 is 0 Å². The molecule has 0 spiro atoms. The number of hydrogen-bond donors (Lipinski definition) is 0. The van der Waals surface area contributed by atoms with E-state index in [2.05, 4.69) is 384 Å². The molecule has 0 unspecified atom stereocenters. The van der Waals surface area contributed by atoms with Gasteiger partial charge < -0.3 is 29.4 Å². The maximum absolute atomic E-state index is 9.50. The molecule has 0 amide bonds. The SMILES string of the molecule is N#Cc1ccc(N2c3ccccc3Sc3c2cc2c4c3N(c3ccncc3)c3ccccc3B4c3ccccc3S2)cc1.c1ccc(-c2nc(-c3ccccc3)nc(-c3ccc(N4c5ccccc5Sc5c4cc4c6c5N(c5ccncc5)c5ccccc5B6c5ccccc5S4)cc3)n2)cc1.c1ccc(N2c3ccccc3Sc3c2cc2c4c3N(c3cccnc3)c3ccccc3B4c3ccccc3S2)cc1. The van der Waals surface area contributed by atoms with Gasteiger partial charge in [-0.15, -0.1) is 0 Å². The highest BCUT2D eigenvalue weighted by atomic mass is 32.2. The third kappa shape index (κ3) is 14.2. The van der Waals surface area contributed by atoms with Crippen LogP contribution in [0, 0.1) is 11.3 Å². The zero-order valence-corrected chi connectivity index (χ0v) is 81.1. The summed E-state index contributed by atoms with van der Waals surface area (Å²) in [5.41, 5.74) is 36.4. The summed E-state index contributed by atoms with van der Waals surface area (Å²) in [4.78, 5) is 58.0. The Labute approximate surface area is 853 Å². The molecule has 13 heterocycles. The lowest BCUT2D eigenvalue weighted by Gasteiger charge is -2.44. The number of pyridine rings is 3. The summed E-state index contributed by atoms with van der Waals surface area (Å²) < 4.78 is 0. The highest BCUT2D eigenvalue weighted by Gasteiger charge is 2.49. The Balaban J connectivity index is 0.000000107. The minimum atomic E-state index is 0.101. The smallest absolute Gasteiger partial charge is 0.249 e. The monoisotopic (exact) mass is 1930 g/mol. The molecule has 21 aromatic rings. The van der Waals surface area contributed by atoms with Crippen LogP contribution in [0.5, 0.6) is 0 Å². The van der Waals surface area contributed by atoms with Crippen LogP contribution < -0.4 is 78.6 Å². The molecule has 0 saturated heterocycles. The third-order valence-electron chi connectivity index (χ3n) is 27.8. The van der Waals surface area contributed by atoms with Gasteiger partial charge in [0.25, 0.3) is 0 Å². The number of nitriles is 1. The zero-order valence-electron chi connectivity index (χ0n) is 76.2. The first-order valence-electron chi connectivity index (χ1n) is 47.5. The lowest BCUT2D eigenvalue weighted by atomic mass is 9.35. The molecule has 4 aromatic heterocycles. The lowest BCUT2D eigenvalue weighted by Crippen LogP contribution is -2.60. The van der Waals surface area contributed by atoms with E-state index in [9.17, 15) is 5.26 Å². The highest BCUT2D eigenvalue weighted by Crippen LogP contribution is 2.63. The predicted octanol–water partition coefficient (Wildman–Crippen LogP) is 26.4. The largest absolute Gasteiger partial charge is 0.310 e. The fraction of sp³-hybridized carbons (Fsp3) is 0. The fourth-order valence-corrected chi connectivity index (χ4v) is 28.9. The summed E-state index contributed by atoms with van der Waals surface area (Å²) in [5.74, 6) is 1.92. The van der Waals surface area contributed by atoms with Gasteiger partial charge in [-0.3, -0.25) is 15.0 Å². The summed E-state index contributed by atoms with van der Waals surface area (Å²) >= 11 is 11.2. The molecular formula is C121H74B3N13S6. The first-order chi connectivity index (χ1) is 70.9. The summed E-state index contributed by atoms with van der Waals surface area (Å²) in [6.45, 7) is 0.391. The number of rotatable bonds is 9. The molecule has 22 heteroatoms. The molecule has 0 radical (unpaired) electrons. The van der Waals surface area contributed by atoms with Crippen molar-refractivity contribution in [3.8, 4) is 40.2 Å². The Morgan fingerprint density at radius 2 is 0.497 bits per heavy atom. The van der Waals surface area contributed by atoms with Crippen molar-refractivity contribution in [3.63, 3.8) is 0 Å². The maximum Gasteiger partial charge on any atom is 0.249 e. The minimum absolute atomic E-state index is 0.101. The van der Waals surface area contributed by atoms with E-state index in [1.807, 2.05) is 187 Å². The van der Waals surface area contributed by atoms with Gasteiger partial charge in [-0.25, -0.2) is 15.0 Å². The van der Waals surface area contributed by atoms with Crippen LogP contribution in [0.15, 0.2) is 508 Å². The summed E-state index contributed by atoms with van der Waals surface area (Å²) in [6, 6.07) is 149. The van der Waals surface area contributed by atoms with Crippen LogP contribution in [-0.2, 0) is 0 Å². The van der Waals surface area contributed by atoms with Gasteiger partial charge in [0.05, 0.1) is 89.4 Å². The number of aromatic nitrogens is 6. The topological polar surface area (TPSA) is 121 Å². The second-order valence-corrected chi connectivity index (χ2v) is 42.2. The highest BCUT2D eigenvalue weighted by molar-refractivity contribution is 8.01. The van der Waals surface area contributed by atoms with Crippen molar-refractivity contribution in [3.05, 3.63) is 455 Å². The molecule has 143 heavy (non-hydrogen) atoms. The van der Waals surface area contributed by atoms with Crippen LogP contribution >= 0.6 is 70.6 Å². The van der Waals surface area contributed by atoms with Crippen LogP contribution in [-0.4, -0.2) is 50.0 Å². The van der Waals surface area contributed by atoms with E-state index in [1.54, 1.807) is 0 Å². The van der Waals surface area contributed by atoms with Gasteiger partial charge in [0.1, 0.15) is 0 Å². The minimum Gasteiger partial charge on any atom is -0.310 e. The number of nitrogens with zero attached hydrogens (tertiary/aromatic N) is 13. The molecule has 0 aliphatic carbocycles. The quantitative estimate of drug-likeness (QED) is 0.127. The van der Waals surface area contributed by atoms with Gasteiger partial charge in [-0.1, -0.05) is 311 Å². The Hall–Kier alpha value is -16.2. The van der Waals surface area contributed by atoms with Crippen LogP contribution in [0.2, 0.25) is 0 Å². The molecule has 13 nitrogen and oxygen atoms in total. The molecular weight excluding hydrogens is 1860 g/mol. The molecule has 30 rings (SSSR count). The van der Waals surface area contributed by atoms with Gasteiger partial charge in [0.2, 0.25) is 20.1 Å². The molecule has 668 valence electrons. The van der Waals surface area contributed by atoms with Crippen molar-refractivity contribution < 1.29 is 0 Å². The van der Waals surface area contributed by atoms with E-state index in [1.165, 1.54) is 153 Å². The molecule has 0 fully saturated rings. The van der Waals surface area contributed by atoms with Crippen LogP contribution in [0.25, 0.3) is 34.2 Å². The van der Waals surface area contributed by atoms with Gasteiger partial charge in [0, 0.05) is 137 Å². The molecule has 9 aliphatic rings. The van der Waals surface area contributed by atoms with Crippen molar-refractivity contribution in [1.29, 1.82) is 5.26 Å². The number of fused-ring (bicyclic) bond motifs is 21. The Bertz CT molecular complexity index is 8710. The Morgan fingerprint density at radius 1 is 0.210 bits per heavy atom. The predicted molar refractivity (Wildman–Crippen MR) is 593 cm³/mol. The molecule has 17 aromatic carbocycles. The number of benzene rings is 17. The van der Waals surface area contributed by atoms with Crippen LogP contribution in [0.3, 0.4) is 0 Å². The van der Waals surface area contributed by atoms with E-state index in [4.69, 9.17) is 15.0 Å². The molecule has 0 saturated carbocycles. The molecule has 0 atom stereocenters. The standard InChI is InChI=1S/C50H31BN6S2.C36H21BN4S2.C35H22BN3S2/c1-3-13-32(14-4-1)48-53-49(33-15-5-2-6-16-33)55-50(54-48)34-23-25-35(26-24-34)56-40-20-10-12-22-43(40)59-47-41(56)31-44-45-46(47)57(36-27-29-52-30-28-36)39-19-9-7-17-37(39)51(45)38-18-8-11-21-42(38)58-44;38-22-23-13-15-24(16-14-23)40-29-10-4-6-12-32(29)43-36-30(40)21-33-34-35(36)41(25-17-19-39-20-18-25)28-9-3-1-7-26(28)37(34)27-8-2-5-11-31(27)42-33;1-2-11-23(12-3-1)38-28-17-7-9-19-31(28)41-35-29(38)21-32-33-34(35)39(24-13-10-20-37-22-24)27-16-6-4-14-25(27)36(33)26-15-5-8-18-30(26)40-32/h1-31H;1-21H;1-22H. The number of para-hydroxylation sites is 7. The van der Waals surface area contributed by atoms with Gasteiger partial charge >= 0.3 is 0 Å². The van der Waals surface area contributed by atoms with Crippen molar-refractivity contribution in [2.24, 2.45) is 0 Å². The average Bonchev–Trinajstić information content (AvgIpc) is 0.699.